The maximum Gasteiger partial charge on any atom is 0.332 e. The van der Waals surface area contributed by atoms with E-state index in [9.17, 15) is 4.79 Å². The Kier molecular flexibility index (Phi) is 5.99. The van der Waals surface area contributed by atoms with E-state index in [0.717, 1.165) is 42.7 Å². The number of benzene rings is 2. The van der Waals surface area contributed by atoms with Crippen LogP contribution in [0, 0.1) is 0 Å². The number of fused-ring (bicyclic) bond motifs is 1. The average Bonchev–Trinajstić information content (AvgIpc) is 2.73. The van der Waals surface area contributed by atoms with Crippen LogP contribution in [-0.2, 0) is 0 Å². The van der Waals surface area contributed by atoms with Crippen LogP contribution >= 0.6 is 36.0 Å². The van der Waals surface area contributed by atoms with E-state index in [0.29, 0.717) is 15.7 Å². The molecule has 1 saturated heterocycles. The van der Waals surface area contributed by atoms with Gasteiger partial charge in [-0.2, -0.15) is 0 Å². The molecule has 0 atom stereocenters. The van der Waals surface area contributed by atoms with Crippen LogP contribution in [0.1, 0.15) is 12.8 Å². The lowest BCUT2D eigenvalue weighted by Crippen LogP contribution is -2.47. The molecule has 0 aliphatic carbocycles. The minimum Gasteiger partial charge on any atom is -0.356 e. The first kappa shape index (κ1) is 20.1. The van der Waals surface area contributed by atoms with Gasteiger partial charge in [0.1, 0.15) is 12.1 Å². The second kappa shape index (κ2) is 8.65. The molecule has 1 aromatic heterocycles. The number of halogens is 2. The summed E-state index contributed by atoms with van der Waals surface area (Å²) in [5.41, 5.74) is 1.45. The molecule has 1 aliphatic heterocycles. The maximum atomic E-state index is 12.5. The summed E-state index contributed by atoms with van der Waals surface area (Å²) in [5.74, 6) is 0.895. The molecule has 9 heteroatoms. The van der Waals surface area contributed by atoms with E-state index in [2.05, 4.69) is 33.0 Å². The van der Waals surface area contributed by atoms with E-state index < -0.39 is 0 Å². The van der Waals surface area contributed by atoms with Gasteiger partial charge in [-0.3, -0.25) is 0 Å². The maximum absolute atomic E-state index is 12.5. The molecule has 0 spiro atoms. The number of urea groups is 1. The predicted molar refractivity (Wildman–Crippen MR) is 121 cm³/mol. The summed E-state index contributed by atoms with van der Waals surface area (Å²) in [5, 5.41) is 5.23. The lowest BCUT2D eigenvalue weighted by Gasteiger charge is -2.34. The number of nitrogens with one attached hydrogen (secondary N) is 1. The van der Waals surface area contributed by atoms with Gasteiger partial charge in [0.25, 0.3) is 0 Å². The van der Waals surface area contributed by atoms with Crippen molar-refractivity contribution in [3.63, 3.8) is 0 Å². The van der Waals surface area contributed by atoms with Crippen LogP contribution in [0.5, 0.6) is 0 Å². The Bertz CT molecular complexity index is 1040. The number of carbonyl (C=O) groups is 1. The van der Waals surface area contributed by atoms with Gasteiger partial charge >= 0.3 is 6.03 Å². The first-order chi connectivity index (χ1) is 14.0. The quantitative estimate of drug-likeness (QED) is 0.556. The molecule has 150 valence electrons. The van der Waals surface area contributed by atoms with Crippen LogP contribution in [0.25, 0.3) is 10.9 Å². The van der Waals surface area contributed by atoms with E-state index in [1.54, 1.807) is 30.6 Å². The van der Waals surface area contributed by atoms with Gasteiger partial charge < -0.3 is 10.2 Å². The number of hydrogen-bond acceptors (Lipinski definition) is 5. The van der Waals surface area contributed by atoms with E-state index in [1.807, 2.05) is 18.2 Å². The van der Waals surface area contributed by atoms with Crippen LogP contribution in [0.3, 0.4) is 0 Å². The van der Waals surface area contributed by atoms with Crippen LogP contribution in [-0.4, -0.2) is 35.1 Å². The van der Waals surface area contributed by atoms with Crippen LogP contribution in [0.4, 0.5) is 16.3 Å². The van der Waals surface area contributed by atoms with Gasteiger partial charge in [-0.15, -0.1) is 0 Å². The first-order valence-corrected chi connectivity index (χ1v) is 10.4. The van der Waals surface area contributed by atoms with Crippen molar-refractivity contribution in [2.24, 2.45) is 0 Å². The normalized spacial score (nSPS) is 14.8. The number of thiol groups is 1. The fourth-order valence-corrected chi connectivity index (χ4v) is 4.00. The number of amides is 2. The number of aromatic nitrogens is 2. The molecule has 0 unspecified atom stereocenters. The molecular formula is C20H19Cl2N5OS. The van der Waals surface area contributed by atoms with Gasteiger partial charge in [-0.05, 0) is 49.2 Å². The highest BCUT2D eigenvalue weighted by atomic mass is 35.5. The monoisotopic (exact) mass is 447 g/mol. The summed E-state index contributed by atoms with van der Waals surface area (Å²) in [7, 11) is 0. The third kappa shape index (κ3) is 4.52. The van der Waals surface area contributed by atoms with Crippen molar-refractivity contribution < 1.29 is 4.79 Å². The lowest BCUT2D eigenvalue weighted by molar-refractivity contribution is 0.243. The van der Waals surface area contributed by atoms with E-state index in [-0.39, 0.29) is 12.1 Å². The molecule has 1 aliphatic rings. The van der Waals surface area contributed by atoms with Gasteiger partial charge in [0.15, 0.2) is 0 Å². The van der Waals surface area contributed by atoms with E-state index in [1.165, 1.54) is 4.31 Å². The molecule has 0 bridgehead atoms. The number of carbonyl (C=O) groups excluding carboxylic acids is 1. The number of rotatable bonds is 3. The lowest BCUT2D eigenvalue weighted by atomic mass is 10.0. The molecule has 4 rings (SSSR count). The second-order valence-corrected chi connectivity index (χ2v) is 8.13. The summed E-state index contributed by atoms with van der Waals surface area (Å²) < 4.78 is 1.28. The van der Waals surface area contributed by atoms with Crippen LogP contribution in [0.2, 0.25) is 10.0 Å². The molecular weight excluding hydrogens is 429 g/mol. The molecule has 6 nitrogen and oxygen atoms in total. The second-order valence-electron chi connectivity index (χ2n) is 6.86. The molecule has 2 heterocycles. The van der Waals surface area contributed by atoms with Crippen molar-refractivity contribution in [1.29, 1.82) is 0 Å². The van der Waals surface area contributed by atoms with Crippen molar-refractivity contribution in [3.8, 4) is 0 Å². The number of anilines is 2. The van der Waals surface area contributed by atoms with Crippen molar-refractivity contribution in [3.05, 3.63) is 58.8 Å². The predicted octanol–water partition coefficient (Wildman–Crippen LogP) is 4.97. The summed E-state index contributed by atoms with van der Waals surface area (Å²) in [6, 6.07) is 12.5. The molecule has 0 radical (unpaired) electrons. The Hall–Kier alpha value is -2.22. The largest absolute Gasteiger partial charge is 0.356 e. The zero-order valence-electron chi connectivity index (χ0n) is 15.4. The standard InChI is InChI=1S/C20H19Cl2N5OS/c21-13-2-1-3-16(10-13)27(29)20(28)25-15-6-8-26(9-7-15)19-17-5-4-14(22)11-18(17)23-12-24-19/h1-5,10-12,15,29H,6-9H2,(H,25,28). The summed E-state index contributed by atoms with van der Waals surface area (Å²) in [4.78, 5) is 23.5. The van der Waals surface area contributed by atoms with Crippen molar-refractivity contribution in [2.45, 2.75) is 18.9 Å². The van der Waals surface area contributed by atoms with Gasteiger partial charge in [-0.1, -0.05) is 42.1 Å². The fourth-order valence-electron chi connectivity index (χ4n) is 3.46. The SMILES string of the molecule is O=C(NC1CCN(c2ncnc3cc(Cl)ccc23)CC1)N(S)c1cccc(Cl)c1. The van der Waals surface area contributed by atoms with E-state index in [4.69, 9.17) is 23.2 Å². The van der Waals surface area contributed by atoms with Crippen molar-refractivity contribution in [1.82, 2.24) is 15.3 Å². The smallest absolute Gasteiger partial charge is 0.332 e. The topological polar surface area (TPSA) is 61.4 Å². The fraction of sp³-hybridized carbons (Fsp3) is 0.250. The number of hydrogen-bond donors (Lipinski definition) is 2. The first-order valence-electron chi connectivity index (χ1n) is 9.21. The summed E-state index contributed by atoms with van der Waals surface area (Å²) in [6.07, 6.45) is 3.18. The van der Waals surface area contributed by atoms with Crippen molar-refractivity contribution in [2.75, 3.05) is 22.3 Å². The molecule has 1 fully saturated rings. The Labute approximate surface area is 184 Å². The molecule has 3 aromatic rings. The third-order valence-corrected chi connectivity index (χ3v) is 5.83. The van der Waals surface area contributed by atoms with Gasteiger partial charge in [0.05, 0.1) is 11.2 Å². The van der Waals surface area contributed by atoms with Gasteiger partial charge in [0, 0.05) is 34.6 Å². The highest BCUT2D eigenvalue weighted by Gasteiger charge is 2.24. The zero-order chi connectivity index (χ0) is 20.4. The van der Waals surface area contributed by atoms with Gasteiger partial charge in [0.2, 0.25) is 0 Å². The van der Waals surface area contributed by atoms with E-state index >= 15 is 0 Å². The minimum absolute atomic E-state index is 0.0649. The zero-order valence-corrected chi connectivity index (χ0v) is 17.8. The Morgan fingerprint density at radius 3 is 2.62 bits per heavy atom. The Balaban J connectivity index is 1.39. The summed E-state index contributed by atoms with van der Waals surface area (Å²) in [6.45, 7) is 1.56. The highest BCUT2D eigenvalue weighted by molar-refractivity contribution is 7.82. The van der Waals surface area contributed by atoms with Crippen LogP contribution in [0.15, 0.2) is 48.8 Å². The third-order valence-electron chi connectivity index (χ3n) is 4.94. The summed E-state index contributed by atoms with van der Waals surface area (Å²) >= 11 is 16.4. The molecule has 2 amide bonds. The number of piperidine rings is 1. The number of nitrogens with zero attached hydrogens (tertiary/aromatic N) is 4. The minimum atomic E-state index is -0.267. The van der Waals surface area contributed by atoms with Crippen molar-refractivity contribution >= 4 is 64.5 Å². The molecule has 1 N–H and O–H groups in total. The average molecular weight is 448 g/mol. The Morgan fingerprint density at radius 2 is 1.86 bits per heavy atom. The molecule has 29 heavy (non-hydrogen) atoms. The van der Waals surface area contributed by atoms with Crippen LogP contribution < -0.4 is 14.5 Å². The molecule has 0 saturated carbocycles. The highest BCUT2D eigenvalue weighted by Crippen LogP contribution is 2.28. The van der Waals surface area contributed by atoms with Gasteiger partial charge in [-0.25, -0.2) is 19.1 Å². The Morgan fingerprint density at radius 1 is 1.10 bits per heavy atom. The molecule has 2 aromatic carbocycles.